The predicted octanol–water partition coefficient (Wildman–Crippen LogP) is 4.71. The molecule has 0 saturated heterocycles. The molecule has 1 aromatic heterocycles. The molecule has 1 unspecified atom stereocenters. The van der Waals surface area contributed by atoms with Crippen molar-refractivity contribution in [2.45, 2.75) is 40.2 Å². The minimum absolute atomic E-state index is 0.00231. The zero-order valence-electron chi connectivity index (χ0n) is 18.3. The van der Waals surface area contributed by atoms with Crippen molar-refractivity contribution in [3.63, 3.8) is 0 Å². The molecule has 3 aromatic rings. The molecular weight excluding hydrogens is 378 g/mol. The average molecular weight is 405 g/mol. The fourth-order valence-corrected chi connectivity index (χ4v) is 4.43. The van der Waals surface area contributed by atoms with Crippen LogP contribution in [0.5, 0.6) is 11.5 Å². The van der Waals surface area contributed by atoms with Gasteiger partial charge in [-0.15, -0.1) is 0 Å². The Morgan fingerprint density at radius 3 is 2.27 bits per heavy atom. The lowest BCUT2D eigenvalue weighted by atomic mass is 9.93. The van der Waals surface area contributed by atoms with E-state index in [-0.39, 0.29) is 11.7 Å². The Balaban J connectivity index is 1.87. The normalized spacial score (nSPS) is 14.7. The number of aryl methyl sites for hydroxylation is 3. The molecule has 6 heteroatoms. The molecule has 1 N–H and O–H groups in total. The monoisotopic (exact) mass is 405 g/mol. The van der Waals surface area contributed by atoms with Crippen molar-refractivity contribution in [2.24, 2.45) is 0 Å². The highest BCUT2D eigenvalue weighted by molar-refractivity contribution is 5.74. The van der Waals surface area contributed by atoms with E-state index < -0.39 is 0 Å². The highest BCUT2D eigenvalue weighted by Crippen LogP contribution is 2.41. The van der Waals surface area contributed by atoms with Crippen molar-refractivity contribution in [1.82, 2.24) is 9.55 Å². The number of hydrogen-bond acceptors (Lipinski definition) is 5. The third kappa shape index (κ3) is 3.32. The van der Waals surface area contributed by atoms with E-state index in [1.807, 2.05) is 25.1 Å². The molecule has 30 heavy (non-hydrogen) atoms. The number of nitrogens with one attached hydrogen (secondary N) is 1. The van der Waals surface area contributed by atoms with Crippen LogP contribution in [-0.2, 0) is 6.42 Å². The quantitative estimate of drug-likeness (QED) is 0.681. The van der Waals surface area contributed by atoms with Gasteiger partial charge in [-0.3, -0.25) is 4.57 Å². The number of aromatic nitrogens is 2. The highest BCUT2D eigenvalue weighted by Gasteiger charge is 2.26. The van der Waals surface area contributed by atoms with E-state index in [1.54, 1.807) is 18.8 Å². The van der Waals surface area contributed by atoms with E-state index in [0.29, 0.717) is 17.3 Å². The lowest BCUT2D eigenvalue weighted by molar-refractivity contribution is 0.354. The molecule has 0 bridgehead atoms. The number of benzene rings is 2. The Bertz CT molecular complexity index is 1170. The Morgan fingerprint density at radius 2 is 1.63 bits per heavy atom. The van der Waals surface area contributed by atoms with Gasteiger partial charge in [0.05, 0.1) is 19.9 Å². The van der Waals surface area contributed by atoms with Crippen LogP contribution >= 0.6 is 0 Å². The van der Waals surface area contributed by atoms with Crippen molar-refractivity contribution in [2.75, 3.05) is 19.5 Å². The van der Waals surface area contributed by atoms with E-state index in [2.05, 4.69) is 43.2 Å². The van der Waals surface area contributed by atoms with Gasteiger partial charge in [-0.1, -0.05) is 17.7 Å². The molecule has 0 aliphatic carbocycles. The van der Waals surface area contributed by atoms with Gasteiger partial charge in [0.2, 0.25) is 0 Å². The average Bonchev–Trinajstić information content (AvgIpc) is 2.69. The number of rotatable bonds is 4. The van der Waals surface area contributed by atoms with Crippen LogP contribution in [-0.4, -0.2) is 23.8 Å². The summed E-state index contributed by atoms with van der Waals surface area (Å²) >= 11 is 0. The Labute approximate surface area is 176 Å². The van der Waals surface area contributed by atoms with E-state index in [9.17, 15) is 4.79 Å². The third-order valence-electron chi connectivity index (χ3n) is 5.73. The molecule has 1 atom stereocenters. The SMILES string of the molecule is COc1cc2c(cc1OC)-c1cc(Nc3c(C)cc(C)cc3C)nc(=O)n1C(C)C2. The van der Waals surface area contributed by atoms with Gasteiger partial charge in [0.1, 0.15) is 5.82 Å². The zero-order valence-corrected chi connectivity index (χ0v) is 18.3. The summed E-state index contributed by atoms with van der Waals surface area (Å²) in [5.41, 5.74) is 7.08. The number of methoxy groups -OCH3 is 2. The summed E-state index contributed by atoms with van der Waals surface area (Å²) in [6, 6.07) is 10.1. The van der Waals surface area contributed by atoms with Gasteiger partial charge in [0.15, 0.2) is 11.5 Å². The van der Waals surface area contributed by atoms with Crippen LogP contribution < -0.4 is 20.5 Å². The lowest BCUT2D eigenvalue weighted by Crippen LogP contribution is -2.31. The minimum Gasteiger partial charge on any atom is -0.493 e. The summed E-state index contributed by atoms with van der Waals surface area (Å²) in [4.78, 5) is 17.3. The van der Waals surface area contributed by atoms with E-state index in [0.717, 1.165) is 40.1 Å². The molecule has 156 valence electrons. The Kier molecular flexibility index (Phi) is 5.02. The summed E-state index contributed by atoms with van der Waals surface area (Å²) < 4.78 is 12.7. The maximum Gasteiger partial charge on any atom is 0.350 e. The number of ether oxygens (including phenoxy) is 2. The van der Waals surface area contributed by atoms with Crippen LogP contribution in [0.4, 0.5) is 11.5 Å². The van der Waals surface area contributed by atoms with Crippen LogP contribution in [0, 0.1) is 20.8 Å². The van der Waals surface area contributed by atoms with E-state index >= 15 is 0 Å². The minimum atomic E-state index is -0.259. The predicted molar refractivity (Wildman–Crippen MR) is 119 cm³/mol. The topological polar surface area (TPSA) is 65.4 Å². The summed E-state index contributed by atoms with van der Waals surface area (Å²) in [5.74, 6) is 1.87. The first-order valence-electron chi connectivity index (χ1n) is 10.1. The third-order valence-corrected chi connectivity index (χ3v) is 5.73. The van der Waals surface area contributed by atoms with Gasteiger partial charge in [-0.25, -0.2) is 4.79 Å². The molecule has 1 aliphatic heterocycles. The molecule has 0 amide bonds. The number of hydrogen-bond donors (Lipinski definition) is 1. The molecule has 2 aromatic carbocycles. The van der Waals surface area contributed by atoms with Gasteiger partial charge >= 0.3 is 5.69 Å². The summed E-state index contributed by atoms with van der Waals surface area (Å²) in [6.07, 6.45) is 0.729. The van der Waals surface area contributed by atoms with Crippen molar-refractivity contribution in [1.29, 1.82) is 0 Å². The number of anilines is 2. The van der Waals surface area contributed by atoms with Crippen LogP contribution in [0.1, 0.15) is 35.2 Å². The second-order valence-corrected chi connectivity index (χ2v) is 8.00. The Hall–Kier alpha value is -3.28. The molecule has 2 heterocycles. The van der Waals surface area contributed by atoms with Crippen LogP contribution in [0.25, 0.3) is 11.3 Å². The molecular formula is C24H27N3O3. The maximum atomic E-state index is 13.0. The van der Waals surface area contributed by atoms with Crippen molar-refractivity contribution >= 4 is 11.5 Å². The second kappa shape index (κ2) is 7.52. The fourth-order valence-electron chi connectivity index (χ4n) is 4.43. The molecule has 6 nitrogen and oxygen atoms in total. The van der Waals surface area contributed by atoms with Gasteiger partial charge in [-0.05, 0) is 62.9 Å². The number of fused-ring (bicyclic) bond motifs is 3. The number of nitrogens with zero attached hydrogens (tertiary/aromatic N) is 2. The van der Waals surface area contributed by atoms with Gasteiger partial charge in [-0.2, -0.15) is 4.98 Å². The zero-order chi connectivity index (χ0) is 21.6. The van der Waals surface area contributed by atoms with Gasteiger partial charge in [0.25, 0.3) is 0 Å². The smallest absolute Gasteiger partial charge is 0.350 e. The van der Waals surface area contributed by atoms with Crippen LogP contribution in [0.2, 0.25) is 0 Å². The first-order chi connectivity index (χ1) is 14.3. The molecule has 0 spiro atoms. The first-order valence-corrected chi connectivity index (χ1v) is 10.1. The molecule has 0 radical (unpaired) electrons. The second-order valence-electron chi connectivity index (χ2n) is 8.00. The molecule has 0 fully saturated rings. The molecule has 4 rings (SSSR count). The largest absolute Gasteiger partial charge is 0.493 e. The van der Waals surface area contributed by atoms with Crippen molar-refractivity contribution in [3.05, 3.63) is 63.1 Å². The fraction of sp³-hybridized carbons (Fsp3) is 0.333. The summed E-state index contributed by atoms with van der Waals surface area (Å²) in [6.45, 7) is 8.23. The summed E-state index contributed by atoms with van der Waals surface area (Å²) in [7, 11) is 3.25. The van der Waals surface area contributed by atoms with Gasteiger partial charge < -0.3 is 14.8 Å². The van der Waals surface area contributed by atoms with Gasteiger partial charge in [0, 0.05) is 23.4 Å². The van der Waals surface area contributed by atoms with Crippen LogP contribution in [0.15, 0.2) is 35.1 Å². The molecule has 0 saturated carbocycles. The van der Waals surface area contributed by atoms with E-state index in [4.69, 9.17) is 9.47 Å². The maximum absolute atomic E-state index is 13.0. The summed E-state index contributed by atoms with van der Waals surface area (Å²) in [5, 5.41) is 3.38. The lowest BCUT2D eigenvalue weighted by Gasteiger charge is -2.28. The van der Waals surface area contributed by atoms with E-state index in [1.165, 1.54) is 5.56 Å². The van der Waals surface area contributed by atoms with Crippen LogP contribution in [0.3, 0.4) is 0 Å². The highest BCUT2D eigenvalue weighted by atomic mass is 16.5. The standard InChI is InChI=1S/C24H27N3O3/c1-13-7-14(2)23(15(3)8-13)25-22-12-19-18-11-21(30-6)20(29-5)10-17(18)9-16(4)27(19)24(28)26-22/h7-8,10-12,16H,9H2,1-6H3,(H,25,26,28). The Morgan fingerprint density at radius 1 is 1.00 bits per heavy atom. The van der Waals surface area contributed by atoms with Crippen molar-refractivity contribution < 1.29 is 9.47 Å². The molecule has 1 aliphatic rings. The van der Waals surface area contributed by atoms with Crippen molar-refractivity contribution in [3.8, 4) is 22.8 Å². The first kappa shape index (κ1) is 20.0.